The Kier molecular flexibility index (Phi) is 3.93. The first-order valence-electron chi connectivity index (χ1n) is 6.55. The summed E-state index contributed by atoms with van der Waals surface area (Å²) in [6, 6.07) is 2.78. The minimum Gasteiger partial charge on any atom is -0.462 e. The van der Waals surface area contributed by atoms with Gasteiger partial charge in [-0.2, -0.15) is 0 Å². The molecule has 0 heterocycles. The highest BCUT2D eigenvalue weighted by Gasteiger charge is 2.28. The number of nitrogens with two attached hydrogens (primary N) is 1. The standard InChI is InChI=1S/C14H19FN2O2/c1-3-19-14(18)10-6-13(11(15)7-12(10)16)17-8(2)9-4-5-9/h6-9,17H,3-5,16H2,1-2H3. The van der Waals surface area contributed by atoms with Crippen molar-refractivity contribution in [3.8, 4) is 0 Å². The SMILES string of the molecule is CCOC(=O)c1cc(NC(C)C2CC2)c(F)cc1N. The van der Waals surface area contributed by atoms with Crippen molar-refractivity contribution >= 4 is 17.3 Å². The van der Waals surface area contributed by atoms with Crippen molar-refractivity contribution in [3.63, 3.8) is 0 Å². The van der Waals surface area contributed by atoms with Gasteiger partial charge in [0, 0.05) is 11.7 Å². The summed E-state index contributed by atoms with van der Waals surface area (Å²) >= 11 is 0. The average Bonchev–Trinajstić information content (AvgIpc) is 3.16. The molecule has 5 heteroatoms. The average molecular weight is 266 g/mol. The van der Waals surface area contributed by atoms with Crippen LogP contribution in [0, 0.1) is 11.7 Å². The van der Waals surface area contributed by atoms with Gasteiger partial charge in [0.05, 0.1) is 17.9 Å². The molecule has 1 aliphatic carbocycles. The Bertz CT molecular complexity index is 487. The first-order valence-corrected chi connectivity index (χ1v) is 6.55. The first kappa shape index (κ1) is 13.6. The molecule has 0 amide bonds. The number of halogens is 1. The predicted molar refractivity (Wildman–Crippen MR) is 72.6 cm³/mol. The van der Waals surface area contributed by atoms with E-state index in [0.29, 0.717) is 11.6 Å². The zero-order chi connectivity index (χ0) is 14.0. The van der Waals surface area contributed by atoms with E-state index in [1.165, 1.54) is 6.07 Å². The first-order chi connectivity index (χ1) is 9.02. The second kappa shape index (κ2) is 5.47. The molecule has 1 aromatic carbocycles. The maximum atomic E-state index is 13.8. The predicted octanol–water partition coefficient (Wildman–Crippen LogP) is 2.79. The Balaban J connectivity index is 2.22. The van der Waals surface area contributed by atoms with Crippen LogP contribution in [0.4, 0.5) is 15.8 Å². The van der Waals surface area contributed by atoms with Gasteiger partial charge in [-0.1, -0.05) is 0 Å². The summed E-state index contributed by atoms with van der Waals surface area (Å²) in [7, 11) is 0. The molecule has 0 bridgehead atoms. The van der Waals surface area contributed by atoms with Crippen LogP contribution in [0.2, 0.25) is 0 Å². The molecule has 0 saturated heterocycles. The van der Waals surface area contributed by atoms with E-state index in [-0.39, 0.29) is 23.9 Å². The molecule has 104 valence electrons. The van der Waals surface area contributed by atoms with E-state index in [4.69, 9.17) is 10.5 Å². The van der Waals surface area contributed by atoms with E-state index in [1.807, 2.05) is 6.92 Å². The van der Waals surface area contributed by atoms with Crippen LogP contribution in [0.25, 0.3) is 0 Å². The Hall–Kier alpha value is -1.78. The Morgan fingerprint density at radius 1 is 1.58 bits per heavy atom. The van der Waals surface area contributed by atoms with E-state index in [0.717, 1.165) is 18.9 Å². The quantitative estimate of drug-likeness (QED) is 0.635. The normalized spacial score (nSPS) is 15.9. The van der Waals surface area contributed by atoms with Gasteiger partial charge in [-0.25, -0.2) is 9.18 Å². The fourth-order valence-electron chi connectivity index (χ4n) is 2.04. The van der Waals surface area contributed by atoms with Crippen molar-refractivity contribution in [3.05, 3.63) is 23.5 Å². The highest BCUT2D eigenvalue weighted by atomic mass is 19.1. The molecular formula is C14H19FN2O2. The van der Waals surface area contributed by atoms with Crippen LogP contribution in [0.1, 0.15) is 37.0 Å². The third-order valence-electron chi connectivity index (χ3n) is 3.35. The number of hydrogen-bond donors (Lipinski definition) is 2. The molecule has 1 aliphatic rings. The summed E-state index contributed by atoms with van der Waals surface area (Å²) in [5.74, 6) is -0.386. The molecule has 0 aliphatic heterocycles. The molecule has 1 atom stereocenters. The lowest BCUT2D eigenvalue weighted by molar-refractivity contribution is 0.0527. The lowest BCUT2D eigenvalue weighted by Crippen LogP contribution is -2.19. The second-order valence-corrected chi connectivity index (χ2v) is 4.91. The number of hydrogen-bond acceptors (Lipinski definition) is 4. The maximum absolute atomic E-state index is 13.8. The topological polar surface area (TPSA) is 64.3 Å². The Labute approximate surface area is 112 Å². The molecular weight excluding hydrogens is 247 g/mol. The van der Waals surface area contributed by atoms with E-state index in [9.17, 15) is 9.18 Å². The molecule has 1 saturated carbocycles. The number of anilines is 2. The number of nitrogen functional groups attached to an aromatic ring is 1. The van der Waals surface area contributed by atoms with Gasteiger partial charge in [0.2, 0.25) is 0 Å². The van der Waals surface area contributed by atoms with Crippen LogP contribution in [-0.4, -0.2) is 18.6 Å². The van der Waals surface area contributed by atoms with Crippen molar-refractivity contribution in [2.24, 2.45) is 5.92 Å². The number of benzene rings is 1. The number of ether oxygens (including phenoxy) is 1. The number of rotatable bonds is 5. The summed E-state index contributed by atoms with van der Waals surface area (Å²) in [5.41, 5.74) is 6.26. The summed E-state index contributed by atoms with van der Waals surface area (Å²) in [5, 5.41) is 3.10. The zero-order valence-corrected chi connectivity index (χ0v) is 11.2. The van der Waals surface area contributed by atoms with Gasteiger partial charge < -0.3 is 15.8 Å². The third-order valence-corrected chi connectivity index (χ3v) is 3.35. The molecule has 0 radical (unpaired) electrons. The molecule has 3 N–H and O–H groups in total. The van der Waals surface area contributed by atoms with Crippen molar-refractivity contribution in [2.45, 2.75) is 32.7 Å². The highest BCUT2D eigenvalue weighted by molar-refractivity contribution is 5.96. The van der Waals surface area contributed by atoms with Crippen molar-refractivity contribution in [2.75, 3.05) is 17.7 Å². The Morgan fingerprint density at radius 2 is 2.26 bits per heavy atom. The van der Waals surface area contributed by atoms with Crippen LogP contribution in [0.3, 0.4) is 0 Å². The summed E-state index contributed by atoms with van der Waals surface area (Å²) in [6.45, 7) is 3.99. The van der Waals surface area contributed by atoms with E-state index in [1.54, 1.807) is 6.92 Å². The molecule has 4 nitrogen and oxygen atoms in total. The van der Waals surface area contributed by atoms with Crippen LogP contribution in [0.15, 0.2) is 12.1 Å². The summed E-state index contributed by atoms with van der Waals surface area (Å²) in [6.07, 6.45) is 2.32. The summed E-state index contributed by atoms with van der Waals surface area (Å²) < 4.78 is 18.7. The number of carbonyl (C=O) groups excluding carboxylic acids is 1. The van der Waals surface area contributed by atoms with Gasteiger partial charge >= 0.3 is 5.97 Å². The smallest absolute Gasteiger partial charge is 0.340 e. The van der Waals surface area contributed by atoms with Crippen LogP contribution in [0.5, 0.6) is 0 Å². The molecule has 19 heavy (non-hydrogen) atoms. The molecule has 1 fully saturated rings. The van der Waals surface area contributed by atoms with Gasteiger partial charge in [-0.3, -0.25) is 0 Å². The van der Waals surface area contributed by atoms with Crippen molar-refractivity contribution in [1.29, 1.82) is 0 Å². The minimum absolute atomic E-state index is 0.0978. The van der Waals surface area contributed by atoms with E-state index >= 15 is 0 Å². The second-order valence-electron chi connectivity index (χ2n) is 4.91. The summed E-state index contributed by atoms with van der Waals surface area (Å²) in [4.78, 5) is 11.7. The number of esters is 1. The van der Waals surface area contributed by atoms with Gasteiger partial charge in [0.1, 0.15) is 5.82 Å². The van der Waals surface area contributed by atoms with Gasteiger partial charge in [0.25, 0.3) is 0 Å². The van der Waals surface area contributed by atoms with Crippen LogP contribution < -0.4 is 11.1 Å². The molecule has 0 aromatic heterocycles. The lowest BCUT2D eigenvalue weighted by Gasteiger charge is -2.16. The van der Waals surface area contributed by atoms with E-state index < -0.39 is 11.8 Å². The third kappa shape index (κ3) is 3.16. The maximum Gasteiger partial charge on any atom is 0.340 e. The highest BCUT2D eigenvalue weighted by Crippen LogP contribution is 2.34. The van der Waals surface area contributed by atoms with E-state index in [2.05, 4.69) is 5.32 Å². The number of carbonyl (C=O) groups is 1. The lowest BCUT2D eigenvalue weighted by atomic mass is 10.1. The minimum atomic E-state index is -0.526. The fraction of sp³-hybridized carbons (Fsp3) is 0.500. The van der Waals surface area contributed by atoms with Crippen LogP contribution in [-0.2, 0) is 4.74 Å². The number of nitrogens with one attached hydrogen (secondary N) is 1. The molecule has 2 rings (SSSR count). The fourth-order valence-corrected chi connectivity index (χ4v) is 2.04. The molecule has 0 spiro atoms. The van der Waals surface area contributed by atoms with Crippen molar-refractivity contribution in [1.82, 2.24) is 0 Å². The molecule has 1 aromatic rings. The van der Waals surface area contributed by atoms with Crippen LogP contribution >= 0.6 is 0 Å². The molecule has 1 unspecified atom stereocenters. The van der Waals surface area contributed by atoms with Crippen molar-refractivity contribution < 1.29 is 13.9 Å². The van der Waals surface area contributed by atoms with Gasteiger partial charge in [-0.15, -0.1) is 0 Å². The van der Waals surface area contributed by atoms with Gasteiger partial charge in [-0.05, 0) is 44.7 Å². The van der Waals surface area contributed by atoms with Gasteiger partial charge in [0.15, 0.2) is 0 Å². The largest absolute Gasteiger partial charge is 0.462 e. The zero-order valence-electron chi connectivity index (χ0n) is 11.2. The monoisotopic (exact) mass is 266 g/mol. The Morgan fingerprint density at radius 3 is 2.84 bits per heavy atom.